The summed E-state index contributed by atoms with van der Waals surface area (Å²) in [7, 11) is 0. The molecule has 1 amide bonds. The Morgan fingerprint density at radius 2 is 2.06 bits per heavy atom. The first-order valence-corrected chi connectivity index (χ1v) is 7.51. The summed E-state index contributed by atoms with van der Waals surface area (Å²) in [5, 5.41) is 6.59. The lowest BCUT2D eigenvalue weighted by Gasteiger charge is -2.30. The molecule has 0 aromatic rings. The molecule has 1 fully saturated rings. The maximum Gasteiger partial charge on any atom is 0.221 e. The fourth-order valence-corrected chi connectivity index (χ4v) is 2.58. The van der Waals surface area contributed by atoms with E-state index in [2.05, 4.69) is 38.3 Å². The van der Waals surface area contributed by atoms with Crippen LogP contribution in [0.25, 0.3) is 0 Å². The smallest absolute Gasteiger partial charge is 0.221 e. The molecule has 18 heavy (non-hydrogen) atoms. The van der Waals surface area contributed by atoms with Crippen LogP contribution in [0, 0.1) is 11.8 Å². The first-order chi connectivity index (χ1) is 8.49. The van der Waals surface area contributed by atoms with Crippen molar-refractivity contribution < 1.29 is 4.79 Å². The van der Waals surface area contributed by atoms with Crippen LogP contribution in [-0.2, 0) is 4.79 Å². The van der Waals surface area contributed by atoms with Crippen molar-refractivity contribution >= 4 is 5.91 Å². The highest BCUT2D eigenvalue weighted by atomic mass is 16.1. The minimum atomic E-state index is 0.206. The van der Waals surface area contributed by atoms with Gasteiger partial charge in [-0.1, -0.05) is 20.8 Å². The van der Waals surface area contributed by atoms with E-state index in [9.17, 15) is 4.79 Å². The van der Waals surface area contributed by atoms with E-state index in [1.54, 1.807) is 0 Å². The zero-order chi connectivity index (χ0) is 13.5. The van der Waals surface area contributed by atoms with Crippen LogP contribution in [-0.4, -0.2) is 24.5 Å². The zero-order valence-corrected chi connectivity index (χ0v) is 12.5. The van der Waals surface area contributed by atoms with Gasteiger partial charge in [0.2, 0.25) is 5.91 Å². The van der Waals surface area contributed by atoms with Gasteiger partial charge in [0.15, 0.2) is 0 Å². The number of piperidine rings is 1. The Kier molecular flexibility index (Phi) is 6.69. The highest BCUT2D eigenvalue weighted by Gasteiger charge is 2.23. The Morgan fingerprint density at radius 1 is 1.33 bits per heavy atom. The van der Waals surface area contributed by atoms with Gasteiger partial charge < -0.3 is 10.6 Å². The van der Waals surface area contributed by atoms with Crippen molar-refractivity contribution in [1.29, 1.82) is 0 Å². The van der Waals surface area contributed by atoms with Gasteiger partial charge in [0, 0.05) is 18.5 Å². The summed E-state index contributed by atoms with van der Waals surface area (Å²) in [4.78, 5) is 12.0. The van der Waals surface area contributed by atoms with Crippen LogP contribution in [0.2, 0.25) is 0 Å². The summed E-state index contributed by atoms with van der Waals surface area (Å²) >= 11 is 0. The van der Waals surface area contributed by atoms with Gasteiger partial charge in [0.25, 0.3) is 0 Å². The number of rotatable bonds is 6. The molecule has 1 rings (SSSR count). The molecule has 1 aliphatic rings. The van der Waals surface area contributed by atoms with E-state index in [4.69, 9.17) is 0 Å². The van der Waals surface area contributed by atoms with Crippen molar-refractivity contribution in [2.45, 2.75) is 71.9 Å². The second-order valence-corrected chi connectivity index (χ2v) is 6.32. The highest BCUT2D eigenvalue weighted by molar-refractivity contribution is 5.76. The van der Waals surface area contributed by atoms with Gasteiger partial charge in [-0.25, -0.2) is 0 Å². The molecule has 0 bridgehead atoms. The molecule has 3 unspecified atom stereocenters. The minimum absolute atomic E-state index is 0.206. The largest absolute Gasteiger partial charge is 0.354 e. The first kappa shape index (κ1) is 15.5. The van der Waals surface area contributed by atoms with E-state index in [0.29, 0.717) is 30.3 Å². The third-order valence-corrected chi connectivity index (χ3v) is 3.92. The lowest BCUT2D eigenvalue weighted by Crippen LogP contribution is -2.44. The van der Waals surface area contributed by atoms with Crippen LogP contribution >= 0.6 is 0 Å². The Bertz CT molecular complexity index is 253. The predicted molar refractivity (Wildman–Crippen MR) is 76.5 cm³/mol. The van der Waals surface area contributed by atoms with Crippen molar-refractivity contribution in [3.05, 3.63) is 0 Å². The molecular weight excluding hydrogens is 224 g/mol. The number of amides is 1. The van der Waals surface area contributed by atoms with Crippen molar-refractivity contribution in [1.82, 2.24) is 10.6 Å². The van der Waals surface area contributed by atoms with Crippen LogP contribution < -0.4 is 10.6 Å². The SMILES string of the molecule is CC(C)CCC(C)NC(=O)CC1NCCCC1C. The molecule has 1 aliphatic heterocycles. The molecular formula is C15H30N2O. The molecule has 3 heteroatoms. The van der Waals surface area contributed by atoms with Crippen molar-refractivity contribution in [3.8, 4) is 0 Å². The maximum atomic E-state index is 12.0. The molecule has 0 aromatic heterocycles. The lowest BCUT2D eigenvalue weighted by molar-refractivity contribution is -0.122. The molecule has 0 saturated carbocycles. The van der Waals surface area contributed by atoms with E-state index in [0.717, 1.165) is 13.0 Å². The molecule has 0 aromatic carbocycles. The summed E-state index contributed by atoms with van der Waals surface area (Å²) in [6.07, 6.45) is 5.38. The number of hydrogen-bond acceptors (Lipinski definition) is 2. The summed E-state index contributed by atoms with van der Waals surface area (Å²) in [6, 6.07) is 0.676. The summed E-state index contributed by atoms with van der Waals surface area (Å²) in [6.45, 7) is 9.86. The van der Waals surface area contributed by atoms with Gasteiger partial charge in [-0.05, 0) is 51.0 Å². The van der Waals surface area contributed by atoms with E-state index in [-0.39, 0.29) is 5.91 Å². The predicted octanol–water partition coefficient (Wildman–Crippen LogP) is 2.71. The van der Waals surface area contributed by atoms with Crippen molar-refractivity contribution in [3.63, 3.8) is 0 Å². The monoisotopic (exact) mass is 254 g/mol. The summed E-state index contributed by atoms with van der Waals surface area (Å²) in [5.74, 6) is 1.54. The van der Waals surface area contributed by atoms with Crippen molar-refractivity contribution in [2.24, 2.45) is 11.8 Å². The topological polar surface area (TPSA) is 41.1 Å². The third-order valence-electron chi connectivity index (χ3n) is 3.92. The number of carbonyl (C=O) groups excluding carboxylic acids is 1. The molecule has 3 nitrogen and oxygen atoms in total. The van der Waals surface area contributed by atoms with Crippen LogP contribution in [0.1, 0.15) is 59.8 Å². The van der Waals surface area contributed by atoms with E-state index in [1.807, 2.05) is 0 Å². The maximum absolute atomic E-state index is 12.0. The van der Waals surface area contributed by atoms with Gasteiger partial charge in [-0.15, -0.1) is 0 Å². The number of nitrogens with one attached hydrogen (secondary N) is 2. The van der Waals surface area contributed by atoms with Crippen LogP contribution in [0.15, 0.2) is 0 Å². The van der Waals surface area contributed by atoms with Gasteiger partial charge >= 0.3 is 0 Å². The fourth-order valence-electron chi connectivity index (χ4n) is 2.58. The molecule has 1 saturated heterocycles. The number of hydrogen-bond donors (Lipinski definition) is 2. The molecule has 3 atom stereocenters. The fraction of sp³-hybridized carbons (Fsp3) is 0.933. The second kappa shape index (κ2) is 7.78. The molecule has 0 spiro atoms. The Morgan fingerprint density at radius 3 is 2.67 bits per heavy atom. The average molecular weight is 254 g/mol. The van der Waals surface area contributed by atoms with Crippen LogP contribution in [0.4, 0.5) is 0 Å². The summed E-state index contributed by atoms with van der Waals surface area (Å²) < 4.78 is 0. The minimum Gasteiger partial charge on any atom is -0.354 e. The van der Waals surface area contributed by atoms with Crippen molar-refractivity contribution in [2.75, 3.05) is 6.54 Å². The van der Waals surface area contributed by atoms with Gasteiger partial charge in [-0.2, -0.15) is 0 Å². The second-order valence-electron chi connectivity index (χ2n) is 6.32. The molecule has 0 aliphatic carbocycles. The molecule has 1 heterocycles. The summed E-state index contributed by atoms with van der Waals surface area (Å²) in [5.41, 5.74) is 0. The van der Waals surface area contributed by atoms with Gasteiger partial charge in [-0.3, -0.25) is 4.79 Å². The molecule has 2 N–H and O–H groups in total. The van der Waals surface area contributed by atoms with Gasteiger partial charge in [0.1, 0.15) is 0 Å². The number of carbonyl (C=O) groups is 1. The Hall–Kier alpha value is -0.570. The third kappa shape index (κ3) is 5.85. The standard InChI is InChI=1S/C15H30N2O/c1-11(2)7-8-13(4)17-15(18)10-14-12(3)6-5-9-16-14/h11-14,16H,5-10H2,1-4H3,(H,17,18). The highest BCUT2D eigenvalue weighted by Crippen LogP contribution is 2.18. The van der Waals surface area contributed by atoms with Gasteiger partial charge in [0.05, 0.1) is 0 Å². The first-order valence-electron chi connectivity index (χ1n) is 7.51. The molecule has 106 valence electrons. The normalized spacial score (nSPS) is 26.1. The average Bonchev–Trinajstić information content (AvgIpc) is 2.29. The van der Waals surface area contributed by atoms with Crippen LogP contribution in [0.3, 0.4) is 0 Å². The Balaban J connectivity index is 2.23. The molecule has 0 radical (unpaired) electrons. The van der Waals surface area contributed by atoms with Crippen LogP contribution in [0.5, 0.6) is 0 Å². The quantitative estimate of drug-likeness (QED) is 0.765. The van der Waals surface area contributed by atoms with E-state index < -0.39 is 0 Å². The van der Waals surface area contributed by atoms with E-state index >= 15 is 0 Å². The van der Waals surface area contributed by atoms with E-state index in [1.165, 1.54) is 19.3 Å². The lowest BCUT2D eigenvalue weighted by atomic mass is 9.90. The Labute approximate surface area is 112 Å². The zero-order valence-electron chi connectivity index (χ0n) is 12.5.